The summed E-state index contributed by atoms with van der Waals surface area (Å²) in [5.74, 6) is 0.852. The largest absolute Gasteiger partial charge is 0.376 e. The Balaban J connectivity index is 1.31. The standard InChI is InChI=1S/C21H22N6O/c1-14-11-15-5-2-3-8-19(15)26(14)20(28)13-22-17-7-4-6-16(12-17)21-23-24-25-27(21)18-9-10-18/h2-8,12,14,18,22H,9-11,13H2,1H3/t14-/m0/s1. The number of nitrogens with one attached hydrogen (secondary N) is 1. The Bertz CT molecular complexity index is 1020. The quantitative estimate of drug-likeness (QED) is 0.743. The third-order valence-electron chi connectivity index (χ3n) is 5.43. The molecule has 1 saturated carbocycles. The van der Waals surface area contributed by atoms with Gasteiger partial charge in [0, 0.05) is 23.0 Å². The van der Waals surface area contributed by atoms with Gasteiger partial charge in [0.25, 0.3) is 0 Å². The molecule has 0 bridgehead atoms. The number of aromatic nitrogens is 4. The number of carbonyl (C=O) groups is 1. The van der Waals surface area contributed by atoms with Crippen LogP contribution in [0.5, 0.6) is 0 Å². The van der Waals surface area contributed by atoms with Gasteiger partial charge in [-0.05, 0) is 60.4 Å². The van der Waals surface area contributed by atoms with E-state index in [1.807, 2.05) is 52.0 Å². The number of rotatable bonds is 5. The Morgan fingerprint density at radius 3 is 2.89 bits per heavy atom. The van der Waals surface area contributed by atoms with Crippen LogP contribution in [0, 0.1) is 0 Å². The fourth-order valence-corrected chi connectivity index (χ4v) is 3.93. The van der Waals surface area contributed by atoms with Gasteiger partial charge in [0.15, 0.2) is 5.82 Å². The van der Waals surface area contributed by atoms with Crippen molar-refractivity contribution in [2.75, 3.05) is 16.8 Å². The summed E-state index contributed by atoms with van der Waals surface area (Å²) in [7, 11) is 0. The topological polar surface area (TPSA) is 75.9 Å². The van der Waals surface area contributed by atoms with Crippen molar-refractivity contribution in [3.05, 3.63) is 54.1 Å². The van der Waals surface area contributed by atoms with Crippen LogP contribution in [0.3, 0.4) is 0 Å². The molecule has 2 heterocycles. The van der Waals surface area contributed by atoms with Crippen LogP contribution in [0.15, 0.2) is 48.5 Å². The van der Waals surface area contributed by atoms with Crippen LogP contribution in [0.2, 0.25) is 0 Å². The molecule has 1 aliphatic carbocycles. The maximum absolute atomic E-state index is 12.9. The van der Waals surface area contributed by atoms with Gasteiger partial charge >= 0.3 is 0 Å². The highest BCUT2D eigenvalue weighted by molar-refractivity contribution is 5.98. The molecule has 7 nitrogen and oxygen atoms in total. The highest BCUT2D eigenvalue weighted by Gasteiger charge is 2.30. The number of hydrogen-bond donors (Lipinski definition) is 1. The first-order chi connectivity index (χ1) is 13.7. The van der Waals surface area contributed by atoms with E-state index in [1.54, 1.807) is 0 Å². The predicted molar refractivity (Wildman–Crippen MR) is 107 cm³/mol. The molecule has 0 spiro atoms. The van der Waals surface area contributed by atoms with Crippen LogP contribution in [-0.2, 0) is 11.2 Å². The van der Waals surface area contributed by atoms with Crippen molar-refractivity contribution in [1.82, 2.24) is 20.2 Å². The predicted octanol–water partition coefficient (Wildman–Crippen LogP) is 3.06. The lowest BCUT2D eigenvalue weighted by Crippen LogP contribution is -2.39. The van der Waals surface area contributed by atoms with Gasteiger partial charge < -0.3 is 10.2 Å². The molecule has 1 amide bonds. The van der Waals surface area contributed by atoms with Crippen LogP contribution in [0.1, 0.15) is 31.4 Å². The molecule has 5 rings (SSSR count). The molecule has 0 saturated heterocycles. The minimum atomic E-state index is 0.0747. The molecule has 7 heteroatoms. The zero-order valence-electron chi connectivity index (χ0n) is 15.7. The van der Waals surface area contributed by atoms with Gasteiger partial charge in [0.05, 0.1) is 12.6 Å². The van der Waals surface area contributed by atoms with Crippen LogP contribution in [0.25, 0.3) is 11.4 Å². The van der Waals surface area contributed by atoms with Crippen molar-refractivity contribution in [2.24, 2.45) is 0 Å². The maximum Gasteiger partial charge on any atom is 0.246 e. The third kappa shape index (κ3) is 3.02. The molecule has 142 valence electrons. The zero-order valence-corrected chi connectivity index (χ0v) is 15.7. The molecule has 0 radical (unpaired) electrons. The van der Waals surface area contributed by atoms with E-state index >= 15 is 0 Å². The summed E-state index contributed by atoms with van der Waals surface area (Å²) in [6.07, 6.45) is 3.15. The minimum Gasteiger partial charge on any atom is -0.376 e. The van der Waals surface area contributed by atoms with Gasteiger partial charge in [-0.2, -0.15) is 0 Å². The number of fused-ring (bicyclic) bond motifs is 1. The first-order valence-electron chi connectivity index (χ1n) is 9.73. The average Bonchev–Trinajstić information content (AvgIpc) is 3.33. The summed E-state index contributed by atoms with van der Waals surface area (Å²) in [5, 5.41) is 15.4. The maximum atomic E-state index is 12.9. The lowest BCUT2D eigenvalue weighted by Gasteiger charge is -2.23. The summed E-state index contributed by atoms with van der Waals surface area (Å²) in [6, 6.07) is 16.6. The van der Waals surface area contributed by atoms with Crippen molar-refractivity contribution in [3.8, 4) is 11.4 Å². The van der Waals surface area contributed by atoms with Crippen LogP contribution in [-0.4, -0.2) is 38.7 Å². The second kappa shape index (κ2) is 6.74. The number of carbonyl (C=O) groups excluding carboxylic acids is 1. The van der Waals surface area contributed by atoms with E-state index < -0.39 is 0 Å². The minimum absolute atomic E-state index is 0.0747. The molecular weight excluding hydrogens is 352 g/mol. The molecule has 1 aliphatic heterocycles. The van der Waals surface area contributed by atoms with Crippen molar-refractivity contribution in [3.63, 3.8) is 0 Å². The van der Waals surface area contributed by atoms with Gasteiger partial charge in [0.1, 0.15) is 0 Å². The normalized spacial score (nSPS) is 18.2. The highest BCUT2D eigenvalue weighted by Crippen LogP contribution is 2.37. The Morgan fingerprint density at radius 2 is 2.04 bits per heavy atom. The zero-order chi connectivity index (χ0) is 19.1. The second-order valence-corrected chi connectivity index (χ2v) is 7.56. The molecule has 2 aliphatic rings. The number of hydrogen-bond acceptors (Lipinski definition) is 5. The monoisotopic (exact) mass is 374 g/mol. The molecule has 1 N–H and O–H groups in total. The summed E-state index contributed by atoms with van der Waals surface area (Å²) >= 11 is 0. The van der Waals surface area contributed by atoms with Gasteiger partial charge in [-0.15, -0.1) is 5.10 Å². The fourth-order valence-electron chi connectivity index (χ4n) is 3.93. The Labute approximate surface area is 163 Å². The van der Waals surface area contributed by atoms with Crippen molar-refractivity contribution in [2.45, 2.75) is 38.3 Å². The van der Waals surface area contributed by atoms with E-state index in [9.17, 15) is 4.79 Å². The summed E-state index contributed by atoms with van der Waals surface area (Å²) in [5.41, 5.74) is 4.10. The first-order valence-corrected chi connectivity index (χ1v) is 9.73. The van der Waals surface area contributed by atoms with Crippen molar-refractivity contribution >= 4 is 17.3 Å². The van der Waals surface area contributed by atoms with Gasteiger partial charge in [-0.1, -0.05) is 30.3 Å². The van der Waals surface area contributed by atoms with Gasteiger partial charge in [-0.25, -0.2) is 4.68 Å². The second-order valence-electron chi connectivity index (χ2n) is 7.56. The summed E-state index contributed by atoms with van der Waals surface area (Å²) in [6.45, 7) is 2.34. The first kappa shape index (κ1) is 16.9. The Morgan fingerprint density at radius 1 is 1.18 bits per heavy atom. The fraction of sp³-hybridized carbons (Fsp3) is 0.333. The summed E-state index contributed by atoms with van der Waals surface area (Å²) < 4.78 is 1.90. The highest BCUT2D eigenvalue weighted by atomic mass is 16.2. The number of nitrogens with zero attached hydrogens (tertiary/aromatic N) is 5. The summed E-state index contributed by atoms with van der Waals surface area (Å²) in [4.78, 5) is 14.8. The SMILES string of the molecule is C[C@H]1Cc2ccccc2N1C(=O)CNc1cccc(-c2nnnn2C2CC2)c1. The number of para-hydroxylation sites is 1. The molecular formula is C21H22N6O. The number of amides is 1. The molecule has 28 heavy (non-hydrogen) atoms. The molecule has 3 aromatic rings. The number of anilines is 2. The molecule has 1 atom stereocenters. The van der Waals surface area contributed by atoms with Crippen molar-refractivity contribution in [1.29, 1.82) is 0 Å². The number of tetrazole rings is 1. The van der Waals surface area contributed by atoms with Gasteiger partial charge in [-0.3, -0.25) is 4.79 Å². The lowest BCUT2D eigenvalue weighted by atomic mass is 10.1. The van der Waals surface area contributed by atoms with E-state index in [0.29, 0.717) is 6.04 Å². The van der Waals surface area contributed by atoms with Crippen molar-refractivity contribution < 1.29 is 4.79 Å². The van der Waals surface area contributed by atoms with E-state index in [-0.39, 0.29) is 18.5 Å². The smallest absolute Gasteiger partial charge is 0.246 e. The van der Waals surface area contributed by atoms with Crippen LogP contribution < -0.4 is 10.2 Å². The Hall–Kier alpha value is -3.22. The molecule has 0 unspecified atom stereocenters. The third-order valence-corrected chi connectivity index (χ3v) is 5.43. The van der Waals surface area contributed by atoms with E-state index in [1.165, 1.54) is 5.56 Å². The van der Waals surface area contributed by atoms with Crippen LogP contribution in [0.4, 0.5) is 11.4 Å². The Kier molecular flexibility index (Phi) is 4.07. The number of benzene rings is 2. The molecule has 2 aromatic carbocycles. The van der Waals surface area contributed by atoms with E-state index in [0.717, 1.165) is 42.0 Å². The molecule has 1 aromatic heterocycles. The molecule has 1 fully saturated rings. The van der Waals surface area contributed by atoms with Crippen LogP contribution >= 0.6 is 0 Å². The van der Waals surface area contributed by atoms with E-state index in [2.05, 4.69) is 33.8 Å². The van der Waals surface area contributed by atoms with Gasteiger partial charge in [0.2, 0.25) is 5.91 Å². The lowest BCUT2D eigenvalue weighted by molar-refractivity contribution is -0.117. The average molecular weight is 374 g/mol. The van der Waals surface area contributed by atoms with E-state index in [4.69, 9.17) is 0 Å².